The van der Waals surface area contributed by atoms with Gasteiger partial charge in [0.25, 0.3) is 8.32 Å². The molecule has 27 heavy (non-hydrogen) atoms. The van der Waals surface area contributed by atoms with Crippen LogP contribution in [0.3, 0.4) is 0 Å². The number of hydrogen-bond donors (Lipinski definition) is 0. The maximum Gasteiger partial charge on any atom is 0.345 e. The second-order valence-electron chi connectivity index (χ2n) is 9.80. The first-order chi connectivity index (χ1) is 12.2. The van der Waals surface area contributed by atoms with Crippen LogP contribution in [-0.4, -0.2) is 40.4 Å². The van der Waals surface area contributed by atoms with Gasteiger partial charge in [0.2, 0.25) is 0 Å². The normalized spacial score (nSPS) is 19.6. The SMILES string of the molecule is COC(=O)c1c(O[Si](C)(C)C(C)(C)C)coc1CC1(C)OCC(C)(C)CO1. The summed E-state index contributed by atoms with van der Waals surface area (Å²) < 4.78 is 28.9. The lowest BCUT2D eigenvalue weighted by Gasteiger charge is -2.41. The topological polar surface area (TPSA) is 67.1 Å². The van der Waals surface area contributed by atoms with Crippen LogP contribution >= 0.6 is 0 Å². The molecule has 0 amide bonds. The molecular formula is C20H34O6Si. The maximum atomic E-state index is 12.5. The van der Waals surface area contributed by atoms with E-state index in [2.05, 4.69) is 47.7 Å². The van der Waals surface area contributed by atoms with Crippen molar-refractivity contribution in [3.8, 4) is 5.75 Å². The first-order valence-electron chi connectivity index (χ1n) is 9.35. The first-order valence-corrected chi connectivity index (χ1v) is 12.3. The molecule has 0 bridgehead atoms. The van der Waals surface area contributed by atoms with E-state index in [9.17, 15) is 4.79 Å². The molecule has 154 valence electrons. The fraction of sp³-hybridized carbons (Fsp3) is 0.750. The average Bonchev–Trinajstić information content (AvgIpc) is 2.90. The van der Waals surface area contributed by atoms with E-state index >= 15 is 0 Å². The zero-order chi connectivity index (χ0) is 20.7. The van der Waals surface area contributed by atoms with Crippen LogP contribution in [0.15, 0.2) is 10.7 Å². The van der Waals surface area contributed by atoms with Gasteiger partial charge in [0, 0.05) is 5.41 Å². The molecule has 0 saturated carbocycles. The second-order valence-corrected chi connectivity index (χ2v) is 14.5. The van der Waals surface area contributed by atoms with Gasteiger partial charge in [0.1, 0.15) is 17.6 Å². The van der Waals surface area contributed by atoms with Crippen LogP contribution in [0.25, 0.3) is 0 Å². The van der Waals surface area contributed by atoms with Crippen LogP contribution in [0.4, 0.5) is 0 Å². The summed E-state index contributed by atoms with van der Waals surface area (Å²) in [6.45, 7) is 17.9. The maximum absolute atomic E-state index is 12.5. The van der Waals surface area contributed by atoms with E-state index in [1.807, 2.05) is 6.92 Å². The van der Waals surface area contributed by atoms with E-state index < -0.39 is 20.1 Å². The number of furan rings is 1. The minimum Gasteiger partial charge on any atom is -0.541 e. The molecule has 1 fully saturated rings. The Kier molecular flexibility index (Phi) is 5.91. The zero-order valence-electron chi connectivity index (χ0n) is 18.1. The third-order valence-corrected chi connectivity index (χ3v) is 9.76. The van der Waals surface area contributed by atoms with E-state index in [4.69, 9.17) is 23.1 Å². The summed E-state index contributed by atoms with van der Waals surface area (Å²) in [5.41, 5.74) is 0.283. The monoisotopic (exact) mass is 398 g/mol. The van der Waals surface area contributed by atoms with Gasteiger partial charge in [-0.2, -0.15) is 0 Å². The number of ether oxygens (including phenoxy) is 3. The van der Waals surface area contributed by atoms with E-state index in [1.54, 1.807) is 0 Å². The van der Waals surface area contributed by atoms with Gasteiger partial charge in [0.15, 0.2) is 11.5 Å². The molecule has 0 aliphatic carbocycles. The number of carbonyl (C=O) groups excluding carboxylic acids is 1. The summed E-state index contributed by atoms with van der Waals surface area (Å²) in [5, 5.41) is -0.00895. The van der Waals surface area contributed by atoms with E-state index in [1.165, 1.54) is 13.4 Å². The Bertz CT molecular complexity index is 673. The van der Waals surface area contributed by atoms with Crippen molar-refractivity contribution in [2.75, 3.05) is 20.3 Å². The van der Waals surface area contributed by atoms with Crippen molar-refractivity contribution in [3.05, 3.63) is 17.6 Å². The van der Waals surface area contributed by atoms with Gasteiger partial charge in [-0.15, -0.1) is 0 Å². The molecule has 1 aliphatic heterocycles. The van der Waals surface area contributed by atoms with Gasteiger partial charge in [-0.1, -0.05) is 34.6 Å². The smallest absolute Gasteiger partial charge is 0.345 e. The summed E-state index contributed by atoms with van der Waals surface area (Å²) in [7, 11) is -0.788. The highest BCUT2D eigenvalue weighted by atomic mass is 28.4. The van der Waals surface area contributed by atoms with Crippen LogP contribution in [-0.2, 0) is 20.6 Å². The minimum absolute atomic E-state index is 0.00895. The minimum atomic E-state index is -2.14. The number of hydrogen-bond acceptors (Lipinski definition) is 6. The molecule has 0 atom stereocenters. The van der Waals surface area contributed by atoms with Gasteiger partial charge < -0.3 is 23.1 Å². The van der Waals surface area contributed by atoms with Crippen molar-refractivity contribution in [3.63, 3.8) is 0 Å². The van der Waals surface area contributed by atoms with Crippen molar-refractivity contribution < 1.29 is 27.8 Å². The van der Waals surface area contributed by atoms with Crippen LogP contribution in [0.5, 0.6) is 5.75 Å². The van der Waals surface area contributed by atoms with Crippen molar-refractivity contribution >= 4 is 14.3 Å². The van der Waals surface area contributed by atoms with Crippen molar-refractivity contribution in [1.82, 2.24) is 0 Å². The van der Waals surface area contributed by atoms with Crippen molar-refractivity contribution in [2.24, 2.45) is 5.41 Å². The lowest BCUT2D eigenvalue weighted by atomic mass is 9.94. The van der Waals surface area contributed by atoms with Gasteiger partial charge in [0.05, 0.1) is 26.7 Å². The van der Waals surface area contributed by atoms with E-state index in [0.717, 1.165) is 0 Å². The van der Waals surface area contributed by atoms with Crippen molar-refractivity contribution in [2.45, 2.75) is 71.9 Å². The molecule has 1 aliphatic rings. The average molecular weight is 399 g/mol. The predicted octanol–water partition coefficient (Wildman–Crippen LogP) is 4.78. The summed E-state index contributed by atoms with van der Waals surface area (Å²) in [6, 6.07) is 0. The van der Waals surface area contributed by atoms with Gasteiger partial charge in [-0.3, -0.25) is 0 Å². The largest absolute Gasteiger partial charge is 0.541 e. The predicted molar refractivity (Wildman–Crippen MR) is 106 cm³/mol. The highest BCUT2D eigenvalue weighted by molar-refractivity contribution is 6.74. The Morgan fingerprint density at radius 3 is 2.22 bits per heavy atom. The third-order valence-electron chi connectivity index (χ3n) is 5.41. The van der Waals surface area contributed by atoms with Gasteiger partial charge in [-0.25, -0.2) is 4.79 Å². The van der Waals surface area contributed by atoms with Crippen LogP contribution < -0.4 is 4.43 Å². The van der Waals surface area contributed by atoms with Crippen LogP contribution in [0.2, 0.25) is 18.1 Å². The second kappa shape index (κ2) is 7.26. The Balaban J connectivity index is 2.30. The molecule has 2 rings (SSSR count). The zero-order valence-corrected chi connectivity index (χ0v) is 19.1. The molecule has 0 N–H and O–H groups in total. The molecular weight excluding hydrogens is 364 g/mol. The Morgan fingerprint density at radius 2 is 1.74 bits per heavy atom. The summed E-state index contributed by atoms with van der Waals surface area (Å²) in [6.07, 6.45) is 1.80. The lowest BCUT2D eigenvalue weighted by molar-refractivity contribution is -0.289. The highest BCUT2D eigenvalue weighted by Crippen LogP contribution is 2.40. The quantitative estimate of drug-likeness (QED) is 0.525. The third kappa shape index (κ3) is 4.95. The highest BCUT2D eigenvalue weighted by Gasteiger charge is 2.42. The van der Waals surface area contributed by atoms with Gasteiger partial charge in [-0.05, 0) is 25.1 Å². The molecule has 0 unspecified atom stereocenters. The summed E-state index contributed by atoms with van der Waals surface area (Å²) in [5.74, 6) is -0.446. The molecule has 1 aromatic rings. The fourth-order valence-corrected chi connectivity index (χ4v) is 3.51. The lowest BCUT2D eigenvalue weighted by Crippen LogP contribution is -2.47. The van der Waals surface area contributed by atoms with Crippen LogP contribution in [0.1, 0.15) is 57.7 Å². The molecule has 1 saturated heterocycles. The number of rotatable bonds is 5. The molecule has 0 spiro atoms. The van der Waals surface area contributed by atoms with E-state index in [0.29, 0.717) is 36.7 Å². The Hall–Kier alpha value is -1.31. The number of esters is 1. The Morgan fingerprint density at radius 1 is 1.19 bits per heavy atom. The molecule has 6 nitrogen and oxygen atoms in total. The molecule has 7 heteroatoms. The molecule has 0 aromatic carbocycles. The standard InChI is InChI=1S/C20H34O6Si/c1-18(2,3)27(8,9)26-15-11-23-14(16(15)17(21)22-7)10-20(6)24-12-19(4,5)13-25-20/h11H,10,12-13H2,1-9H3. The van der Waals surface area contributed by atoms with Crippen LogP contribution in [0, 0.1) is 5.41 Å². The first kappa shape index (κ1) is 22.0. The summed E-state index contributed by atoms with van der Waals surface area (Å²) >= 11 is 0. The summed E-state index contributed by atoms with van der Waals surface area (Å²) in [4.78, 5) is 12.5. The molecule has 1 aromatic heterocycles. The van der Waals surface area contributed by atoms with Crippen molar-refractivity contribution in [1.29, 1.82) is 0 Å². The molecule has 0 radical (unpaired) electrons. The Labute approximate surface area is 163 Å². The fourth-order valence-electron chi connectivity index (χ4n) is 2.50. The van der Waals surface area contributed by atoms with Gasteiger partial charge >= 0.3 is 5.97 Å². The number of methoxy groups -OCH3 is 1. The molecule has 2 heterocycles. The van der Waals surface area contributed by atoms with E-state index in [-0.39, 0.29) is 10.5 Å². The number of carbonyl (C=O) groups is 1.